The first-order valence-corrected chi connectivity index (χ1v) is 17.4. The first-order valence-electron chi connectivity index (χ1n) is 17.4. The number of ether oxygens (including phenoxy) is 1. The van der Waals surface area contributed by atoms with Crippen LogP contribution in [0.25, 0.3) is 11.1 Å². The predicted molar refractivity (Wildman–Crippen MR) is 188 cm³/mol. The maximum atomic E-state index is 13.8. The topological polar surface area (TPSA) is 137 Å². The number of aryl methyl sites for hydroxylation is 1. The fourth-order valence-corrected chi connectivity index (χ4v) is 7.51. The maximum absolute atomic E-state index is 13.8. The lowest BCUT2D eigenvalue weighted by Gasteiger charge is -2.44. The van der Waals surface area contributed by atoms with Crippen molar-refractivity contribution in [3.05, 3.63) is 78.4 Å². The second-order valence-corrected chi connectivity index (χ2v) is 13.6. The van der Waals surface area contributed by atoms with Crippen molar-refractivity contribution >= 4 is 23.6 Å². The van der Waals surface area contributed by atoms with Gasteiger partial charge in [0, 0.05) is 75.5 Å². The lowest BCUT2D eigenvalue weighted by atomic mass is 9.72. The molecule has 2 saturated heterocycles. The lowest BCUT2D eigenvalue weighted by Crippen LogP contribution is -2.49. The van der Waals surface area contributed by atoms with Gasteiger partial charge in [-0.15, -0.1) is 0 Å². The number of hydrogen-bond acceptors (Lipinski definition) is 9. The molecular formula is C37H44N10O2. The molecule has 2 amide bonds. The zero-order valence-corrected chi connectivity index (χ0v) is 28.1. The van der Waals surface area contributed by atoms with Gasteiger partial charge in [0.1, 0.15) is 17.5 Å². The number of benzene rings is 1. The van der Waals surface area contributed by atoms with Crippen molar-refractivity contribution < 1.29 is 9.53 Å². The molecule has 1 aliphatic carbocycles. The highest BCUT2D eigenvalue weighted by Gasteiger charge is 2.37. The van der Waals surface area contributed by atoms with Crippen molar-refractivity contribution in [3.63, 3.8) is 0 Å². The van der Waals surface area contributed by atoms with Gasteiger partial charge in [-0.25, -0.2) is 14.8 Å². The zero-order chi connectivity index (χ0) is 33.6. The number of aromatic nitrogens is 5. The molecule has 0 bridgehead atoms. The Labute approximate surface area is 287 Å². The summed E-state index contributed by atoms with van der Waals surface area (Å²) in [7, 11) is 1.89. The van der Waals surface area contributed by atoms with E-state index in [4.69, 9.17) is 14.7 Å². The minimum Gasteiger partial charge on any atom is -0.381 e. The number of rotatable bonds is 8. The summed E-state index contributed by atoms with van der Waals surface area (Å²) in [6, 6.07) is 16.1. The highest BCUT2D eigenvalue weighted by atomic mass is 16.5. The SMILES string of the molecule is Cn1cc(-c2ccc(N(C(=O)NCc3ccccc3)[C@H]3CC[C@H](Nc4ncc(C#N)c(N5CCC6(CCOCC6)CC5)n4)CC3)nc2)cn1. The molecule has 4 aromatic rings. The van der Waals surface area contributed by atoms with Crippen LogP contribution in [0, 0.1) is 16.7 Å². The fraction of sp³-hybridized carbons (Fsp3) is 0.459. The number of hydrogen-bond donors (Lipinski definition) is 2. The third-order valence-electron chi connectivity index (χ3n) is 10.5. The first-order chi connectivity index (χ1) is 24.0. The second kappa shape index (κ2) is 14.6. The Morgan fingerprint density at radius 2 is 1.76 bits per heavy atom. The minimum atomic E-state index is -0.161. The number of nitrogens with one attached hydrogen (secondary N) is 2. The number of nitriles is 1. The Morgan fingerprint density at radius 1 is 0.980 bits per heavy atom. The molecule has 2 aliphatic heterocycles. The second-order valence-electron chi connectivity index (χ2n) is 13.6. The van der Waals surface area contributed by atoms with E-state index in [1.165, 1.54) is 0 Å². The van der Waals surface area contributed by atoms with Crippen LogP contribution in [0.1, 0.15) is 62.5 Å². The highest BCUT2D eigenvalue weighted by Crippen LogP contribution is 2.41. The maximum Gasteiger partial charge on any atom is 0.323 e. The van der Waals surface area contributed by atoms with Gasteiger partial charge >= 0.3 is 6.03 Å². The van der Waals surface area contributed by atoms with E-state index in [2.05, 4.69) is 31.7 Å². The third kappa shape index (κ3) is 7.52. The number of nitrogens with zero attached hydrogens (tertiary/aromatic N) is 8. The third-order valence-corrected chi connectivity index (χ3v) is 10.5. The molecule has 7 rings (SSSR count). The van der Waals surface area contributed by atoms with Gasteiger partial charge in [0.2, 0.25) is 5.95 Å². The van der Waals surface area contributed by atoms with E-state index in [1.54, 1.807) is 10.9 Å². The highest BCUT2D eigenvalue weighted by molar-refractivity contribution is 5.91. The van der Waals surface area contributed by atoms with E-state index >= 15 is 0 Å². The monoisotopic (exact) mass is 660 g/mol. The van der Waals surface area contributed by atoms with Crippen LogP contribution in [0.5, 0.6) is 0 Å². The van der Waals surface area contributed by atoms with Gasteiger partial charge < -0.3 is 20.3 Å². The van der Waals surface area contributed by atoms with Crippen molar-refractivity contribution in [1.82, 2.24) is 30.0 Å². The van der Waals surface area contributed by atoms with Crippen LogP contribution >= 0.6 is 0 Å². The summed E-state index contributed by atoms with van der Waals surface area (Å²) in [6.07, 6.45) is 14.9. The molecule has 3 aliphatic rings. The standard InChI is InChI=1S/C37H44N10O2/c1-45-26-30(25-42-45)28-7-12-33(39-23-28)47(36(48)41-22-27-5-3-2-4-6-27)32-10-8-31(9-11-32)43-35-40-24-29(21-38)34(44-35)46-17-13-37(14-18-46)15-19-49-20-16-37/h2-7,12,23-26,31-32H,8-11,13-20,22H2,1H3,(H,41,48)(H,40,43,44)/t31-,32-. The largest absolute Gasteiger partial charge is 0.381 e. The summed E-state index contributed by atoms with van der Waals surface area (Å²) < 4.78 is 7.38. The number of carbonyl (C=O) groups excluding carboxylic acids is 1. The van der Waals surface area contributed by atoms with Crippen molar-refractivity contribution in [2.45, 2.75) is 70.0 Å². The average molecular weight is 661 g/mol. The molecular weight excluding hydrogens is 616 g/mol. The molecule has 1 spiro atoms. The molecule has 49 heavy (non-hydrogen) atoms. The summed E-state index contributed by atoms with van der Waals surface area (Å²) in [6.45, 7) is 3.90. The number of pyridine rings is 1. The summed E-state index contributed by atoms with van der Waals surface area (Å²) in [5, 5.41) is 20.8. The van der Waals surface area contributed by atoms with E-state index < -0.39 is 0 Å². The quantitative estimate of drug-likeness (QED) is 0.245. The number of piperidine rings is 1. The summed E-state index contributed by atoms with van der Waals surface area (Å²) in [4.78, 5) is 32.0. The fourth-order valence-electron chi connectivity index (χ4n) is 7.51. The van der Waals surface area contributed by atoms with Gasteiger partial charge in [-0.05, 0) is 74.5 Å². The van der Waals surface area contributed by atoms with E-state index in [9.17, 15) is 10.1 Å². The van der Waals surface area contributed by atoms with Gasteiger partial charge in [-0.2, -0.15) is 15.3 Å². The van der Waals surface area contributed by atoms with Crippen molar-refractivity contribution in [2.75, 3.05) is 41.4 Å². The van der Waals surface area contributed by atoms with Crippen LogP contribution in [0.15, 0.2) is 67.3 Å². The van der Waals surface area contributed by atoms with E-state index in [0.717, 1.165) is 100 Å². The summed E-state index contributed by atoms with van der Waals surface area (Å²) in [5.74, 6) is 1.89. The number of urea groups is 1. The van der Waals surface area contributed by atoms with E-state index in [1.807, 2.05) is 73.0 Å². The molecule has 1 saturated carbocycles. The molecule has 2 N–H and O–H groups in total. The molecule has 0 radical (unpaired) electrons. The van der Waals surface area contributed by atoms with Crippen molar-refractivity contribution in [3.8, 4) is 17.2 Å². The molecule has 12 nitrogen and oxygen atoms in total. The Hall–Kier alpha value is -5.02. The predicted octanol–water partition coefficient (Wildman–Crippen LogP) is 5.68. The van der Waals surface area contributed by atoms with Crippen molar-refractivity contribution in [2.24, 2.45) is 12.5 Å². The molecule has 0 unspecified atom stereocenters. The number of carbonyl (C=O) groups is 1. The number of anilines is 3. The van der Waals surface area contributed by atoms with Crippen molar-refractivity contribution in [1.29, 1.82) is 5.26 Å². The minimum absolute atomic E-state index is 0.0196. The van der Waals surface area contributed by atoms with Crippen LogP contribution < -0.4 is 20.4 Å². The lowest BCUT2D eigenvalue weighted by molar-refractivity contribution is 0.00205. The Bertz CT molecular complexity index is 1750. The van der Waals surface area contributed by atoms with Gasteiger partial charge in [-0.3, -0.25) is 9.58 Å². The molecule has 254 valence electrons. The van der Waals surface area contributed by atoms with Crippen LogP contribution in [-0.4, -0.2) is 69.2 Å². The van der Waals surface area contributed by atoms with Crippen LogP contribution in [0.3, 0.4) is 0 Å². The Balaban J connectivity index is 1.02. The van der Waals surface area contributed by atoms with Gasteiger partial charge in [0.05, 0.1) is 12.4 Å². The molecule has 3 fully saturated rings. The van der Waals surface area contributed by atoms with Crippen LogP contribution in [0.4, 0.5) is 22.4 Å². The molecule has 0 atom stereocenters. The average Bonchev–Trinajstić information content (AvgIpc) is 3.59. The molecule has 1 aromatic carbocycles. The summed E-state index contributed by atoms with van der Waals surface area (Å²) >= 11 is 0. The Morgan fingerprint density at radius 3 is 2.43 bits per heavy atom. The first kappa shape index (κ1) is 32.5. The molecule has 5 heterocycles. The van der Waals surface area contributed by atoms with Gasteiger partial charge in [0.25, 0.3) is 0 Å². The smallest absolute Gasteiger partial charge is 0.323 e. The zero-order valence-electron chi connectivity index (χ0n) is 28.1. The Kier molecular flexibility index (Phi) is 9.70. The van der Waals surface area contributed by atoms with Crippen LogP contribution in [0.2, 0.25) is 0 Å². The molecule has 3 aromatic heterocycles. The van der Waals surface area contributed by atoms with Gasteiger partial charge in [-0.1, -0.05) is 30.3 Å². The molecule has 12 heteroatoms. The van der Waals surface area contributed by atoms with Crippen LogP contribution in [-0.2, 0) is 18.3 Å². The normalized spacial score (nSPS) is 20.4. The van der Waals surface area contributed by atoms with E-state index in [-0.39, 0.29) is 18.1 Å². The van der Waals surface area contributed by atoms with Gasteiger partial charge in [0.15, 0.2) is 5.82 Å². The van der Waals surface area contributed by atoms with E-state index in [0.29, 0.717) is 29.3 Å². The number of amides is 2. The summed E-state index contributed by atoms with van der Waals surface area (Å²) in [5.41, 5.74) is 3.83.